The predicted octanol–water partition coefficient (Wildman–Crippen LogP) is 4.37. The molecule has 114 valence electrons. The van der Waals surface area contributed by atoms with Gasteiger partial charge in [-0.2, -0.15) is 0 Å². The molecule has 0 bridgehead atoms. The van der Waals surface area contributed by atoms with Gasteiger partial charge in [-0.05, 0) is 35.4 Å². The molecule has 0 aromatic heterocycles. The third-order valence-corrected chi connectivity index (χ3v) is 2.89. The van der Waals surface area contributed by atoms with Crippen molar-refractivity contribution in [1.82, 2.24) is 0 Å². The Morgan fingerprint density at radius 2 is 1.32 bits per heavy atom. The molecule has 4 nitrogen and oxygen atoms in total. The number of carbonyl (C=O) groups excluding carboxylic acids is 1. The Hall–Kier alpha value is -2.49. The summed E-state index contributed by atoms with van der Waals surface area (Å²) in [5.41, 5.74) is 1.44. The molecule has 0 aliphatic rings. The van der Waals surface area contributed by atoms with Crippen molar-refractivity contribution < 1.29 is 31.2 Å². The van der Waals surface area contributed by atoms with Gasteiger partial charge in [-0.3, -0.25) is 4.79 Å². The third-order valence-electron chi connectivity index (χ3n) is 2.89. The largest absolute Gasteiger partial charge is 0.508 e. The highest BCUT2D eigenvalue weighted by Gasteiger charge is 2.23. The first-order chi connectivity index (χ1) is 9.11. The van der Waals surface area contributed by atoms with Crippen molar-refractivity contribution in [3.05, 3.63) is 59.7 Å². The van der Waals surface area contributed by atoms with Crippen molar-refractivity contribution in [3.8, 4) is 11.5 Å². The lowest BCUT2D eigenvalue weighted by Crippen LogP contribution is -2.15. The van der Waals surface area contributed by atoms with Gasteiger partial charge in [0.05, 0.1) is 7.11 Å². The van der Waals surface area contributed by atoms with Gasteiger partial charge in [0.1, 0.15) is 17.4 Å². The second-order valence-electron chi connectivity index (χ2n) is 4.14. The Morgan fingerprint density at radius 3 is 1.63 bits per heavy atom. The van der Waals surface area contributed by atoms with E-state index in [2.05, 4.69) is 0 Å². The number of aromatic hydroxyl groups is 2. The van der Waals surface area contributed by atoms with Gasteiger partial charge in [0.2, 0.25) is 0 Å². The molecule has 4 heteroatoms. The van der Waals surface area contributed by atoms with E-state index in [0.717, 1.165) is 11.1 Å². The van der Waals surface area contributed by atoms with E-state index in [0.29, 0.717) is 0 Å². The lowest BCUT2D eigenvalue weighted by Gasteiger charge is -2.15. The molecule has 0 heterocycles. The number of esters is 1. The molecule has 0 amide bonds. The topological polar surface area (TPSA) is 66.8 Å². The van der Waals surface area contributed by atoms with E-state index in [9.17, 15) is 15.0 Å². The SMILES string of the molecule is COC(=O)C(c1ccc(O)cc1)c1ccc(O)cc1.[HH].[HH].[HH].[HH].[HH].[HH].[HH].[HH]. The second-order valence-corrected chi connectivity index (χ2v) is 4.14. The summed E-state index contributed by atoms with van der Waals surface area (Å²) in [6, 6.07) is 12.8. The lowest BCUT2D eigenvalue weighted by molar-refractivity contribution is -0.141. The number of hydrogen-bond donors (Lipinski definition) is 2. The quantitative estimate of drug-likeness (QED) is 0.815. The Labute approximate surface area is 122 Å². The summed E-state index contributed by atoms with van der Waals surface area (Å²) in [5.74, 6) is -0.696. The maximum Gasteiger partial charge on any atom is 0.317 e. The van der Waals surface area contributed by atoms with Crippen molar-refractivity contribution in [3.63, 3.8) is 0 Å². The van der Waals surface area contributed by atoms with Gasteiger partial charge in [-0.1, -0.05) is 24.3 Å². The summed E-state index contributed by atoms with van der Waals surface area (Å²) >= 11 is 0. The normalized spacial score (nSPS) is 10.4. The molecule has 0 aliphatic carbocycles. The molecule has 0 saturated carbocycles. The van der Waals surface area contributed by atoms with Crippen LogP contribution in [0.25, 0.3) is 0 Å². The van der Waals surface area contributed by atoms with Crippen LogP contribution in [-0.2, 0) is 9.53 Å². The van der Waals surface area contributed by atoms with E-state index < -0.39 is 11.9 Å². The van der Waals surface area contributed by atoms with Crippen LogP contribution in [-0.4, -0.2) is 23.3 Å². The molecular weight excluding hydrogens is 244 g/mol. The fourth-order valence-electron chi connectivity index (χ4n) is 1.92. The standard InChI is InChI=1S/C15H14O4.8H2/c1-19-15(18)14(10-2-6-12(16)7-3-10)11-4-8-13(17)9-5-11;;;;;;;;/h2-9,14,16-17H,1H3;8*1H. The summed E-state index contributed by atoms with van der Waals surface area (Å²) in [5, 5.41) is 18.6. The second kappa shape index (κ2) is 5.44. The highest BCUT2D eigenvalue weighted by molar-refractivity contribution is 5.82. The molecule has 0 aliphatic heterocycles. The highest BCUT2D eigenvalue weighted by Crippen LogP contribution is 2.28. The fourth-order valence-corrected chi connectivity index (χ4v) is 1.92. The number of benzene rings is 2. The average molecular weight is 274 g/mol. The van der Waals surface area contributed by atoms with Gasteiger partial charge in [0.25, 0.3) is 0 Å². The molecule has 2 rings (SSSR count). The van der Waals surface area contributed by atoms with E-state index in [1.54, 1.807) is 24.3 Å². The summed E-state index contributed by atoms with van der Waals surface area (Å²) in [7, 11) is 1.33. The van der Waals surface area contributed by atoms with Gasteiger partial charge in [-0.25, -0.2) is 0 Å². The molecular formula is C15H30O4. The van der Waals surface area contributed by atoms with Crippen LogP contribution >= 0.6 is 0 Å². The first-order valence-corrected chi connectivity index (χ1v) is 5.77. The van der Waals surface area contributed by atoms with Crippen LogP contribution in [0.5, 0.6) is 11.5 Å². The molecule has 0 atom stereocenters. The van der Waals surface area contributed by atoms with Crippen molar-refractivity contribution >= 4 is 5.97 Å². The van der Waals surface area contributed by atoms with Gasteiger partial charge < -0.3 is 14.9 Å². The molecule has 0 saturated heterocycles. The maximum atomic E-state index is 11.9. The minimum absolute atomic E-state index is 0. The lowest BCUT2D eigenvalue weighted by atomic mass is 9.91. The van der Waals surface area contributed by atoms with Crippen molar-refractivity contribution in [2.75, 3.05) is 7.11 Å². The van der Waals surface area contributed by atoms with E-state index in [-0.39, 0.29) is 22.9 Å². The number of ether oxygens (including phenoxy) is 1. The summed E-state index contributed by atoms with van der Waals surface area (Å²) in [6.07, 6.45) is 0. The number of rotatable bonds is 3. The molecule has 19 heavy (non-hydrogen) atoms. The Morgan fingerprint density at radius 1 is 0.947 bits per heavy atom. The summed E-state index contributed by atoms with van der Waals surface area (Å²) < 4.78 is 4.82. The van der Waals surface area contributed by atoms with Crippen LogP contribution < -0.4 is 0 Å². The predicted molar refractivity (Wildman–Crippen MR) is 87.0 cm³/mol. The Kier molecular flexibility index (Phi) is 3.71. The zero-order valence-corrected chi connectivity index (χ0v) is 10.4. The van der Waals surface area contributed by atoms with Crippen LogP contribution in [0.15, 0.2) is 48.5 Å². The average Bonchev–Trinajstić information content (AvgIpc) is 2.43. The van der Waals surface area contributed by atoms with E-state index in [4.69, 9.17) is 4.74 Å². The zero-order valence-electron chi connectivity index (χ0n) is 10.4. The van der Waals surface area contributed by atoms with Crippen molar-refractivity contribution in [1.29, 1.82) is 0 Å². The first kappa shape index (κ1) is 13.0. The van der Waals surface area contributed by atoms with Gasteiger partial charge in [-0.15, -0.1) is 0 Å². The van der Waals surface area contributed by atoms with Crippen LogP contribution in [0.2, 0.25) is 0 Å². The van der Waals surface area contributed by atoms with Crippen LogP contribution in [0.3, 0.4) is 0 Å². The molecule has 0 radical (unpaired) electrons. The minimum Gasteiger partial charge on any atom is -0.508 e. The zero-order chi connectivity index (χ0) is 13.8. The Balaban J connectivity index is -0.0000001000. The smallest absolute Gasteiger partial charge is 0.317 e. The first-order valence-electron chi connectivity index (χ1n) is 5.77. The van der Waals surface area contributed by atoms with Crippen molar-refractivity contribution in [2.45, 2.75) is 5.92 Å². The van der Waals surface area contributed by atoms with Crippen molar-refractivity contribution in [2.24, 2.45) is 0 Å². The maximum absolute atomic E-state index is 11.9. The number of carbonyl (C=O) groups is 1. The minimum atomic E-state index is -0.578. The fraction of sp³-hybridized carbons (Fsp3) is 0.133. The van der Waals surface area contributed by atoms with E-state index >= 15 is 0 Å². The van der Waals surface area contributed by atoms with E-state index in [1.165, 1.54) is 31.4 Å². The molecule has 2 aromatic carbocycles. The van der Waals surface area contributed by atoms with Crippen LogP contribution in [0, 0.1) is 0 Å². The molecule has 0 unspecified atom stereocenters. The monoisotopic (exact) mass is 274 g/mol. The number of phenolic OH excluding ortho intramolecular Hbond substituents is 2. The van der Waals surface area contributed by atoms with Gasteiger partial charge in [0, 0.05) is 11.4 Å². The number of methoxy groups -OCH3 is 1. The summed E-state index contributed by atoms with van der Waals surface area (Å²) in [4.78, 5) is 11.9. The van der Waals surface area contributed by atoms with Crippen LogP contribution in [0.4, 0.5) is 0 Å². The number of hydrogen-bond acceptors (Lipinski definition) is 4. The summed E-state index contributed by atoms with van der Waals surface area (Å²) in [6.45, 7) is 0. The molecule has 2 N–H and O–H groups in total. The molecule has 0 spiro atoms. The third kappa shape index (κ3) is 2.85. The van der Waals surface area contributed by atoms with Crippen LogP contribution in [0.1, 0.15) is 28.5 Å². The number of phenols is 2. The van der Waals surface area contributed by atoms with Gasteiger partial charge >= 0.3 is 5.97 Å². The molecule has 2 aromatic rings. The highest BCUT2D eigenvalue weighted by atomic mass is 16.5. The molecule has 0 fully saturated rings. The van der Waals surface area contributed by atoms with E-state index in [1.807, 2.05) is 0 Å². The Bertz CT molecular complexity index is 536. The van der Waals surface area contributed by atoms with Gasteiger partial charge in [0.15, 0.2) is 0 Å².